The molecule has 0 aliphatic carbocycles. The van der Waals surface area contributed by atoms with Crippen molar-refractivity contribution in [3.05, 3.63) is 78.4 Å². The van der Waals surface area contributed by atoms with E-state index in [0.717, 1.165) is 18.4 Å². The standard InChI is InChI=1S/C13H21NO.C6H3N3O7/c1-4-13(15,5-2)12(14-3)11-9-7-6-8-10-11;10-6-4(8(13)14)1-3(7(11)12)2-5(6)9(15)16/h6-10,12,14-15H,4-5H2,1-3H3;1-2,10H. The van der Waals surface area contributed by atoms with Crippen molar-refractivity contribution in [2.24, 2.45) is 0 Å². The lowest BCUT2D eigenvalue weighted by atomic mass is 9.84. The van der Waals surface area contributed by atoms with E-state index in [2.05, 4.69) is 17.4 Å². The third-order valence-corrected chi connectivity index (χ3v) is 4.84. The number of hydrogen-bond donors (Lipinski definition) is 3. The Hall–Kier alpha value is -3.64. The maximum absolute atomic E-state index is 10.5. The van der Waals surface area contributed by atoms with Gasteiger partial charge in [0.25, 0.3) is 11.4 Å². The molecule has 0 spiro atoms. The van der Waals surface area contributed by atoms with E-state index in [9.17, 15) is 35.4 Å². The molecular formula is C19H24N4O8. The highest BCUT2D eigenvalue weighted by Crippen LogP contribution is 2.39. The minimum Gasteiger partial charge on any atom is -0.497 e. The first kappa shape index (κ1) is 25.4. The van der Waals surface area contributed by atoms with Gasteiger partial charge in [0.2, 0.25) is 0 Å². The van der Waals surface area contributed by atoms with Gasteiger partial charge in [0.1, 0.15) is 0 Å². The van der Waals surface area contributed by atoms with Crippen molar-refractivity contribution < 1.29 is 25.0 Å². The van der Waals surface area contributed by atoms with Crippen molar-refractivity contribution >= 4 is 17.1 Å². The van der Waals surface area contributed by atoms with Crippen molar-refractivity contribution in [2.75, 3.05) is 7.05 Å². The lowest BCUT2D eigenvalue weighted by Crippen LogP contribution is -2.41. The largest absolute Gasteiger partial charge is 0.497 e. The predicted octanol–water partition coefficient (Wildman–Crippen LogP) is 3.62. The number of rotatable bonds is 8. The van der Waals surface area contributed by atoms with Crippen LogP contribution in [-0.2, 0) is 0 Å². The molecule has 12 heteroatoms. The SMILES string of the molecule is CCC(O)(CC)C(NC)c1ccccc1.O=[N+]([O-])c1cc([N+](=O)[O-])c(O)c([N+](=O)[O-])c1. The Labute approximate surface area is 177 Å². The fraction of sp³-hybridized carbons (Fsp3) is 0.368. The minimum absolute atomic E-state index is 0.00806. The number of nitro benzene ring substituents is 3. The van der Waals surface area contributed by atoms with Gasteiger partial charge in [0, 0.05) is 0 Å². The van der Waals surface area contributed by atoms with E-state index in [1.807, 2.05) is 39.1 Å². The third-order valence-electron chi connectivity index (χ3n) is 4.84. The van der Waals surface area contributed by atoms with Crippen molar-refractivity contribution in [1.82, 2.24) is 5.32 Å². The summed E-state index contributed by atoms with van der Waals surface area (Å²) in [6, 6.07) is 11.0. The van der Waals surface area contributed by atoms with E-state index >= 15 is 0 Å². The molecule has 2 rings (SSSR count). The summed E-state index contributed by atoms with van der Waals surface area (Å²) in [7, 11) is 1.90. The van der Waals surface area contributed by atoms with Gasteiger partial charge in [-0.15, -0.1) is 0 Å². The molecule has 31 heavy (non-hydrogen) atoms. The van der Waals surface area contributed by atoms with Crippen molar-refractivity contribution in [3.63, 3.8) is 0 Å². The van der Waals surface area contributed by atoms with E-state index in [1.165, 1.54) is 0 Å². The number of phenolic OH excluding ortho intramolecular Hbond substituents is 1. The molecule has 0 aromatic heterocycles. The summed E-state index contributed by atoms with van der Waals surface area (Å²) in [5.74, 6) is -1.21. The van der Waals surface area contributed by atoms with Crippen LogP contribution in [0, 0.1) is 30.3 Å². The smallest absolute Gasteiger partial charge is 0.324 e. The average Bonchev–Trinajstić information content (AvgIpc) is 2.74. The fourth-order valence-corrected chi connectivity index (χ4v) is 3.02. The monoisotopic (exact) mass is 436 g/mol. The molecule has 1 unspecified atom stereocenters. The van der Waals surface area contributed by atoms with Crippen LogP contribution in [0.5, 0.6) is 5.75 Å². The average molecular weight is 436 g/mol. The number of aliphatic hydroxyl groups is 1. The van der Waals surface area contributed by atoms with E-state index in [0.29, 0.717) is 12.1 Å². The molecule has 0 fully saturated rings. The Morgan fingerprint density at radius 3 is 1.71 bits per heavy atom. The second-order valence-corrected chi connectivity index (χ2v) is 6.55. The molecule has 2 aromatic rings. The molecular weight excluding hydrogens is 412 g/mol. The van der Waals surface area contributed by atoms with Crippen LogP contribution in [0.15, 0.2) is 42.5 Å². The highest BCUT2D eigenvalue weighted by Gasteiger charge is 2.33. The lowest BCUT2D eigenvalue weighted by molar-refractivity contribution is -0.404. The maximum atomic E-state index is 10.5. The van der Waals surface area contributed by atoms with Crippen LogP contribution >= 0.6 is 0 Å². The number of likely N-dealkylation sites (N-methyl/N-ethyl adjacent to an activating group) is 1. The lowest BCUT2D eigenvalue weighted by Gasteiger charge is -2.35. The molecule has 0 saturated heterocycles. The van der Waals surface area contributed by atoms with Gasteiger partial charge in [-0.1, -0.05) is 44.2 Å². The van der Waals surface area contributed by atoms with Gasteiger partial charge in [-0.3, -0.25) is 30.3 Å². The van der Waals surface area contributed by atoms with E-state index < -0.39 is 43.2 Å². The fourth-order valence-electron chi connectivity index (χ4n) is 3.02. The van der Waals surface area contributed by atoms with Crippen LogP contribution in [0.25, 0.3) is 0 Å². The summed E-state index contributed by atoms with van der Waals surface area (Å²) < 4.78 is 0. The Kier molecular flexibility index (Phi) is 8.96. The van der Waals surface area contributed by atoms with Crippen molar-refractivity contribution in [2.45, 2.75) is 38.3 Å². The molecule has 0 amide bonds. The topological polar surface area (TPSA) is 182 Å². The van der Waals surface area contributed by atoms with Crippen molar-refractivity contribution in [3.8, 4) is 5.75 Å². The molecule has 0 aliphatic heterocycles. The van der Waals surface area contributed by atoms with Crippen LogP contribution in [0.4, 0.5) is 17.1 Å². The minimum atomic E-state index is -1.21. The highest BCUT2D eigenvalue weighted by molar-refractivity contribution is 5.64. The summed E-state index contributed by atoms with van der Waals surface area (Å²) in [5.41, 5.74) is -2.51. The quantitative estimate of drug-likeness (QED) is 0.411. The van der Waals surface area contributed by atoms with Gasteiger partial charge in [0.05, 0.1) is 38.5 Å². The number of nitrogens with zero attached hydrogens (tertiary/aromatic N) is 3. The zero-order valence-corrected chi connectivity index (χ0v) is 17.2. The predicted molar refractivity (Wildman–Crippen MR) is 112 cm³/mol. The summed E-state index contributed by atoms with van der Waals surface area (Å²) >= 11 is 0. The zero-order chi connectivity index (χ0) is 23.8. The first-order chi connectivity index (χ1) is 14.5. The van der Waals surface area contributed by atoms with Crippen LogP contribution < -0.4 is 5.32 Å². The summed E-state index contributed by atoms with van der Waals surface area (Å²) in [4.78, 5) is 27.8. The number of non-ortho nitro benzene ring substituents is 1. The highest BCUT2D eigenvalue weighted by atomic mass is 16.6. The third kappa shape index (κ3) is 6.17. The van der Waals surface area contributed by atoms with Crippen molar-refractivity contribution in [1.29, 1.82) is 0 Å². The number of benzene rings is 2. The molecule has 0 aliphatic rings. The molecule has 0 bridgehead atoms. The second-order valence-electron chi connectivity index (χ2n) is 6.55. The van der Waals surface area contributed by atoms with E-state index in [1.54, 1.807) is 0 Å². The maximum Gasteiger partial charge on any atom is 0.324 e. The van der Waals surface area contributed by atoms with Gasteiger partial charge in [-0.2, -0.15) is 0 Å². The molecule has 168 valence electrons. The summed E-state index contributed by atoms with van der Waals surface area (Å²) in [6.45, 7) is 4.05. The Bertz CT molecular complexity index is 897. The summed E-state index contributed by atoms with van der Waals surface area (Å²) in [6.07, 6.45) is 1.51. The first-order valence-electron chi connectivity index (χ1n) is 9.27. The van der Waals surface area contributed by atoms with Crippen LogP contribution in [-0.4, -0.2) is 37.6 Å². The molecule has 0 saturated carbocycles. The molecule has 0 radical (unpaired) electrons. The molecule has 1 atom stereocenters. The van der Waals surface area contributed by atoms with E-state index in [4.69, 9.17) is 5.11 Å². The van der Waals surface area contributed by atoms with Crippen LogP contribution in [0.2, 0.25) is 0 Å². The zero-order valence-electron chi connectivity index (χ0n) is 17.2. The normalized spacial score (nSPS) is 11.7. The van der Waals surface area contributed by atoms with Gasteiger partial charge < -0.3 is 15.5 Å². The van der Waals surface area contributed by atoms with Gasteiger partial charge in [-0.25, -0.2) is 0 Å². The number of hydrogen-bond acceptors (Lipinski definition) is 9. The Morgan fingerprint density at radius 2 is 1.39 bits per heavy atom. The van der Waals surface area contributed by atoms with E-state index in [-0.39, 0.29) is 6.04 Å². The second kappa shape index (κ2) is 10.9. The molecule has 0 heterocycles. The Balaban J connectivity index is 0.000000311. The van der Waals surface area contributed by atoms with Crippen LogP contribution in [0.1, 0.15) is 38.3 Å². The van der Waals surface area contributed by atoms with Gasteiger partial charge in [-0.05, 0) is 25.5 Å². The number of nitro groups is 3. The summed E-state index contributed by atoms with van der Waals surface area (Å²) in [5, 5.41) is 53.9. The Morgan fingerprint density at radius 1 is 0.935 bits per heavy atom. The molecule has 2 aromatic carbocycles. The van der Waals surface area contributed by atoms with Gasteiger partial charge in [0.15, 0.2) is 0 Å². The van der Waals surface area contributed by atoms with Crippen LogP contribution in [0.3, 0.4) is 0 Å². The molecule has 12 nitrogen and oxygen atoms in total. The van der Waals surface area contributed by atoms with Gasteiger partial charge >= 0.3 is 11.4 Å². The number of nitrogens with one attached hydrogen (secondary N) is 1. The number of phenols is 1. The molecule has 3 N–H and O–H groups in total. The first-order valence-corrected chi connectivity index (χ1v) is 9.27. The number of aromatic hydroxyl groups is 1.